The summed E-state index contributed by atoms with van der Waals surface area (Å²) in [6, 6.07) is 7.46. The smallest absolute Gasteiger partial charge is 0.0587 e. The van der Waals surface area contributed by atoms with Crippen LogP contribution < -0.4 is 10.2 Å². The van der Waals surface area contributed by atoms with Crippen LogP contribution in [-0.2, 0) is 11.3 Å². The number of nitrogens with one attached hydrogen (secondary N) is 1. The van der Waals surface area contributed by atoms with E-state index >= 15 is 0 Å². The average molecular weight is 290 g/mol. The second-order valence-electron chi connectivity index (χ2n) is 6.47. The fourth-order valence-corrected chi connectivity index (χ4v) is 2.65. The Bertz CT molecular complexity index is 441. The summed E-state index contributed by atoms with van der Waals surface area (Å²) in [5, 5.41) is 3.42. The number of ether oxygens (including phenoxy) is 1. The van der Waals surface area contributed by atoms with Crippen LogP contribution in [0.25, 0.3) is 0 Å². The fourth-order valence-electron chi connectivity index (χ4n) is 2.65. The van der Waals surface area contributed by atoms with E-state index in [0.29, 0.717) is 6.04 Å². The molecular formula is C18H30N2O. The van der Waals surface area contributed by atoms with Gasteiger partial charge in [-0.05, 0) is 62.8 Å². The lowest BCUT2D eigenvalue weighted by Crippen LogP contribution is -2.32. The Hall–Kier alpha value is -1.06. The van der Waals surface area contributed by atoms with Crippen LogP contribution in [0.2, 0.25) is 0 Å². The maximum Gasteiger partial charge on any atom is 0.0587 e. The Morgan fingerprint density at radius 2 is 2.10 bits per heavy atom. The molecule has 0 spiro atoms. The molecule has 0 saturated heterocycles. The van der Waals surface area contributed by atoms with Gasteiger partial charge in [0.25, 0.3) is 0 Å². The highest BCUT2D eigenvalue weighted by molar-refractivity contribution is 5.51. The summed E-state index contributed by atoms with van der Waals surface area (Å²) in [5.41, 5.74) is 4.12. The van der Waals surface area contributed by atoms with E-state index < -0.39 is 0 Å². The van der Waals surface area contributed by atoms with Gasteiger partial charge in [0.05, 0.1) is 6.61 Å². The van der Waals surface area contributed by atoms with Crippen LogP contribution in [0.1, 0.15) is 37.8 Å². The molecule has 118 valence electrons. The summed E-state index contributed by atoms with van der Waals surface area (Å²) in [6.45, 7) is 10.6. The van der Waals surface area contributed by atoms with Crippen LogP contribution >= 0.6 is 0 Å². The van der Waals surface area contributed by atoms with Gasteiger partial charge < -0.3 is 15.0 Å². The molecule has 0 unspecified atom stereocenters. The van der Waals surface area contributed by atoms with Crippen LogP contribution in [0, 0.1) is 12.8 Å². The molecule has 0 amide bonds. The van der Waals surface area contributed by atoms with E-state index in [1.54, 1.807) is 7.11 Å². The Labute approximate surface area is 129 Å². The molecule has 1 aromatic carbocycles. The van der Waals surface area contributed by atoms with Gasteiger partial charge in [-0.15, -0.1) is 0 Å². The predicted molar refractivity (Wildman–Crippen MR) is 90.0 cm³/mol. The summed E-state index contributed by atoms with van der Waals surface area (Å²) >= 11 is 0. The van der Waals surface area contributed by atoms with Crippen LogP contribution in [0.3, 0.4) is 0 Å². The molecule has 0 bridgehead atoms. The first-order chi connectivity index (χ1) is 10.1. The minimum absolute atomic E-state index is 0.565. The molecule has 1 aromatic rings. The maximum atomic E-state index is 5.06. The number of nitrogens with zero attached hydrogens (tertiary/aromatic N) is 1. The maximum absolute atomic E-state index is 5.06. The van der Waals surface area contributed by atoms with Crippen molar-refractivity contribution >= 4 is 5.69 Å². The normalized spacial score (nSPS) is 14.7. The highest BCUT2D eigenvalue weighted by Crippen LogP contribution is 2.32. The lowest BCUT2D eigenvalue weighted by molar-refractivity contribution is 0.199. The van der Waals surface area contributed by atoms with Crippen molar-refractivity contribution in [2.75, 3.05) is 31.7 Å². The van der Waals surface area contributed by atoms with Gasteiger partial charge in [0.1, 0.15) is 0 Å². The van der Waals surface area contributed by atoms with Gasteiger partial charge in [-0.3, -0.25) is 0 Å². The van der Waals surface area contributed by atoms with Gasteiger partial charge in [-0.1, -0.05) is 6.07 Å². The first-order valence-corrected chi connectivity index (χ1v) is 8.17. The van der Waals surface area contributed by atoms with E-state index in [2.05, 4.69) is 49.2 Å². The van der Waals surface area contributed by atoms with E-state index in [9.17, 15) is 0 Å². The quantitative estimate of drug-likeness (QED) is 0.706. The van der Waals surface area contributed by atoms with E-state index in [1.807, 2.05) is 0 Å². The van der Waals surface area contributed by atoms with Crippen molar-refractivity contribution in [3.8, 4) is 0 Å². The molecule has 1 aliphatic rings. The van der Waals surface area contributed by atoms with Crippen molar-refractivity contribution in [1.82, 2.24) is 5.32 Å². The Morgan fingerprint density at radius 1 is 1.33 bits per heavy atom. The molecule has 1 N–H and O–H groups in total. The van der Waals surface area contributed by atoms with Gasteiger partial charge in [0.15, 0.2) is 0 Å². The second kappa shape index (κ2) is 7.81. The van der Waals surface area contributed by atoms with Gasteiger partial charge >= 0.3 is 0 Å². The highest BCUT2D eigenvalue weighted by atomic mass is 16.5. The zero-order valence-corrected chi connectivity index (χ0v) is 14.0. The molecule has 0 radical (unpaired) electrons. The fraction of sp³-hybridized carbons (Fsp3) is 0.667. The summed E-state index contributed by atoms with van der Waals surface area (Å²) < 4.78 is 5.06. The largest absolute Gasteiger partial charge is 0.383 e. The van der Waals surface area contributed by atoms with Gasteiger partial charge in [-0.25, -0.2) is 0 Å². The summed E-state index contributed by atoms with van der Waals surface area (Å²) in [7, 11) is 1.74. The minimum Gasteiger partial charge on any atom is -0.383 e. The van der Waals surface area contributed by atoms with Crippen LogP contribution in [0.5, 0.6) is 0 Å². The molecule has 21 heavy (non-hydrogen) atoms. The number of hydrogen-bond donors (Lipinski definition) is 1. The van der Waals surface area contributed by atoms with E-state index in [0.717, 1.165) is 25.6 Å². The standard InChI is InChI=1S/C18H30N2O/c1-14(2)20(13-16-5-6-16)18-8-7-17(15(3)11-18)12-19-9-10-21-4/h7-8,11,14,16,19H,5-6,9-10,12-13H2,1-4H3. The molecule has 0 aromatic heterocycles. The van der Waals surface area contributed by atoms with Crippen LogP contribution in [-0.4, -0.2) is 32.8 Å². The molecular weight excluding hydrogens is 260 g/mol. The summed E-state index contributed by atoms with van der Waals surface area (Å²) in [5.74, 6) is 0.920. The van der Waals surface area contributed by atoms with E-state index in [4.69, 9.17) is 4.74 Å². The van der Waals surface area contributed by atoms with Crippen molar-refractivity contribution in [3.05, 3.63) is 29.3 Å². The molecule has 3 nitrogen and oxygen atoms in total. The Morgan fingerprint density at radius 3 is 2.67 bits per heavy atom. The first kappa shape index (κ1) is 16.3. The lowest BCUT2D eigenvalue weighted by Gasteiger charge is -2.30. The van der Waals surface area contributed by atoms with Gasteiger partial charge in [0, 0.05) is 38.5 Å². The monoisotopic (exact) mass is 290 g/mol. The van der Waals surface area contributed by atoms with Crippen molar-refractivity contribution in [2.24, 2.45) is 5.92 Å². The third-order valence-corrected chi connectivity index (χ3v) is 4.23. The number of rotatable bonds is 9. The SMILES string of the molecule is COCCNCc1ccc(N(CC2CC2)C(C)C)cc1C. The topological polar surface area (TPSA) is 24.5 Å². The molecule has 0 heterocycles. The first-order valence-electron chi connectivity index (χ1n) is 8.17. The molecule has 1 aliphatic carbocycles. The van der Waals surface area contributed by atoms with Crippen molar-refractivity contribution in [1.29, 1.82) is 0 Å². The number of aryl methyl sites for hydroxylation is 1. The predicted octanol–water partition coefficient (Wildman–Crippen LogP) is 3.36. The minimum atomic E-state index is 0.565. The molecule has 1 fully saturated rings. The highest BCUT2D eigenvalue weighted by Gasteiger charge is 2.25. The van der Waals surface area contributed by atoms with Crippen molar-refractivity contribution in [2.45, 2.75) is 46.2 Å². The zero-order chi connectivity index (χ0) is 15.2. The molecule has 1 saturated carbocycles. The number of methoxy groups -OCH3 is 1. The number of hydrogen-bond acceptors (Lipinski definition) is 3. The van der Waals surface area contributed by atoms with Crippen LogP contribution in [0.4, 0.5) is 5.69 Å². The van der Waals surface area contributed by atoms with E-state index in [-0.39, 0.29) is 0 Å². The Kier molecular flexibility index (Phi) is 6.07. The number of benzene rings is 1. The number of anilines is 1. The molecule has 0 atom stereocenters. The van der Waals surface area contributed by atoms with E-state index in [1.165, 1.54) is 36.2 Å². The second-order valence-corrected chi connectivity index (χ2v) is 6.47. The third-order valence-electron chi connectivity index (χ3n) is 4.23. The Balaban J connectivity index is 1.98. The molecule has 0 aliphatic heterocycles. The van der Waals surface area contributed by atoms with Crippen molar-refractivity contribution < 1.29 is 4.74 Å². The third kappa shape index (κ3) is 5.01. The zero-order valence-electron chi connectivity index (χ0n) is 14.0. The summed E-state index contributed by atoms with van der Waals surface area (Å²) in [4.78, 5) is 2.55. The summed E-state index contributed by atoms with van der Waals surface area (Å²) in [6.07, 6.45) is 2.81. The average Bonchev–Trinajstić information content (AvgIpc) is 3.26. The van der Waals surface area contributed by atoms with Crippen LogP contribution in [0.15, 0.2) is 18.2 Å². The van der Waals surface area contributed by atoms with Crippen molar-refractivity contribution in [3.63, 3.8) is 0 Å². The van der Waals surface area contributed by atoms with Gasteiger partial charge in [-0.2, -0.15) is 0 Å². The molecule has 2 rings (SSSR count). The molecule has 3 heteroatoms. The van der Waals surface area contributed by atoms with Gasteiger partial charge in [0.2, 0.25) is 0 Å². The lowest BCUT2D eigenvalue weighted by atomic mass is 10.1.